The summed E-state index contributed by atoms with van der Waals surface area (Å²) in [5.74, 6) is 0. The third kappa shape index (κ3) is 7.66. The molecular weight excluding hydrogens is 175 g/mol. The highest BCUT2D eigenvalue weighted by Crippen LogP contribution is 2.12. The van der Waals surface area contributed by atoms with Gasteiger partial charge < -0.3 is 0 Å². The van der Waals surface area contributed by atoms with Crippen LogP contribution in [-0.2, 0) is 10.3 Å². The van der Waals surface area contributed by atoms with Crippen LogP contribution in [0.15, 0.2) is 0 Å². The summed E-state index contributed by atoms with van der Waals surface area (Å²) in [6.45, 7) is -1.76. The molecule has 0 heterocycles. The SMILES string of the molecule is O=S(=O)(O)NCC(F)(F)F. The molecule has 0 spiro atoms. The number of hydrogen-bond donors (Lipinski definition) is 2. The van der Waals surface area contributed by atoms with Gasteiger partial charge in [0, 0.05) is 0 Å². The summed E-state index contributed by atoms with van der Waals surface area (Å²) in [7, 11) is -4.73. The molecule has 62 valence electrons. The lowest BCUT2D eigenvalue weighted by Gasteiger charge is -2.04. The van der Waals surface area contributed by atoms with Gasteiger partial charge in [-0.1, -0.05) is 0 Å². The molecule has 0 aliphatic heterocycles. The molecule has 4 nitrogen and oxygen atoms in total. The Morgan fingerprint density at radius 2 is 1.80 bits per heavy atom. The molecule has 0 saturated carbocycles. The van der Waals surface area contributed by atoms with Gasteiger partial charge >= 0.3 is 16.5 Å². The third-order valence-corrected chi connectivity index (χ3v) is 0.964. The average molecular weight is 179 g/mol. The zero-order chi connectivity index (χ0) is 8.41. The van der Waals surface area contributed by atoms with Gasteiger partial charge in [-0.05, 0) is 0 Å². The Labute approximate surface area is 54.9 Å². The van der Waals surface area contributed by atoms with E-state index in [1.54, 1.807) is 0 Å². The molecule has 0 amide bonds. The first kappa shape index (κ1) is 9.66. The Bertz CT molecular complexity index is 194. The summed E-state index contributed by atoms with van der Waals surface area (Å²) in [5, 5.41) is 0. The Morgan fingerprint density at radius 1 is 1.40 bits per heavy atom. The van der Waals surface area contributed by atoms with E-state index < -0.39 is 23.0 Å². The lowest BCUT2D eigenvalue weighted by Crippen LogP contribution is -2.33. The van der Waals surface area contributed by atoms with Crippen molar-refractivity contribution in [1.82, 2.24) is 4.72 Å². The highest BCUT2D eigenvalue weighted by Gasteiger charge is 2.28. The normalized spacial score (nSPS) is 13.6. The molecule has 0 saturated heterocycles. The van der Waals surface area contributed by atoms with E-state index in [-0.39, 0.29) is 0 Å². The fourth-order valence-corrected chi connectivity index (χ4v) is 0.519. The van der Waals surface area contributed by atoms with Crippen LogP contribution < -0.4 is 4.72 Å². The smallest absolute Gasteiger partial charge is 0.273 e. The minimum atomic E-state index is -4.73. The van der Waals surface area contributed by atoms with Gasteiger partial charge in [0.05, 0.1) is 0 Å². The van der Waals surface area contributed by atoms with Crippen molar-refractivity contribution in [1.29, 1.82) is 0 Å². The fraction of sp³-hybridized carbons (Fsp3) is 1.00. The van der Waals surface area contributed by atoms with E-state index >= 15 is 0 Å². The number of nitrogens with one attached hydrogen (secondary N) is 1. The number of hydrogen-bond acceptors (Lipinski definition) is 2. The second-order valence-corrected chi connectivity index (χ2v) is 2.65. The monoisotopic (exact) mass is 179 g/mol. The zero-order valence-corrected chi connectivity index (χ0v) is 5.33. The highest BCUT2D eigenvalue weighted by atomic mass is 32.2. The van der Waals surface area contributed by atoms with Crippen LogP contribution in [0, 0.1) is 0 Å². The highest BCUT2D eigenvalue weighted by molar-refractivity contribution is 7.83. The van der Waals surface area contributed by atoms with Crippen molar-refractivity contribution in [3.8, 4) is 0 Å². The van der Waals surface area contributed by atoms with Crippen molar-refractivity contribution in [2.75, 3.05) is 6.54 Å². The molecule has 0 aliphatic rings. The summed E-state index contributed by atoms with van der Waals surface area (Å²) in [4.78, 5) is 0. The lowest BCUT2D eigenvalue weighted by atomic mass is 10.7. The topological polar surface area (TPSA) is 66.4 Å². The van der Waals surface area contributed by atoms with Crippen LogP contribution in [-0.4, -0.2) is 25.7 Å². The van der Waals surface area contributed by atoms with Crippen molar-refractivity contribution in [3.05, 3.63) is 0 Å². The molecule has 0 aromatic rings. The second-order valence-electron chi connectivity index (χ2n) is 1.41. The molecule has 0 bridgehead atoms. The number of alkyl halides is 3. The molecule has 0 aliphatic carbocycles. The summed E-state index contributed by atoms with van der Waals surface area (Å²) in [5.41, 5.74) is 0. The van der Waals surface area contributed by atoms with Gasteiger partial charge in [0.25, 0.3) is 0 Å². The lowest BCUT2D eigenvalue weighted by molar-refractivity contribution is -0.121. The zero-order valence-electron chi connectivity index (χ0n) is 4.51. The minimum absolute atomic E-state index is 0.865. The molecule has 0 unspecified atom stereocenters. The second kappa shape index (κ2) is 2.72. The maximum absolute atomic E-state index is 11.1. The molecule has 0 aromatic carbocycles. The van der Waals surface area contributed by atoms with Crippen molar-refractivity contribution in [2.24, 2.45) is 0 Å². The minimum Gasteiger partial charge on any atom is -0.273 e. The molecule has 0 atom stereocenters. The van der Waals surface area contributed by atoms with Gasteiger partial charge in [-0.15, -0.1) is 0 Å². The van der Waals surface area contributed by atoms with Gasteiger partial charge in [0.15, 0.2) is 0 Å². The van der Waals surface area contributed by atoms with E-state index in [2.05, 4.69) is 0 Å². The van der Waals surface area contributed by atoms with Crippen molar-refractivity contribution in [3.63, 3.8) is 0 Å². The molecule has 8 heteroatoms. The first-order valence-corrected chi connectivity index (χ1v) is 3.43. The van der Waals surface area contributed by atoms with Crippen LogP contribution in [0.2, 0.25) is 0 Å². The Balaban J connectivity index is 3.79. The molecule has 0 fully saturated rings. The van der Waals surface area contributed by atoms with Crippen LogP contribution >= 0.6 is 0 Å². The largest absolute Gasteiger partial charge is 0.402 e. The van der Waals surface area contributed by atoms with Crippen molar-refractivity contribution >= 4 is 10.3 Å². The average Bonchev–Trinajstić information content (AvgIpc) is 1.57. The van der Waals surface area contributed by atoms with E-state index in [0.717, 1.165) is 4.72 Å². The van der Waals surface area contributed by atoms with E-state index in [1.807, 2.05) is 0 Å². The third-order valence-electron chi connectivity index (χ3n) is 0.455. The van der Waals surface area contributed by atoms with Crippen LogP contribution in [0.3, 0.4) is 0 Å². The van der Waals surface area contributed by atoms with Crippen LogP contribution in [0.5, 0.6) is 0 Å². The molecule has 10 heavy (non-hydrogen) atoms. The van der Waals surface area contributed by atoms with Crippen molar-refractivity contribution in [2.45, 2.75) is 6.18 Å². The summed E-state index contributed by atoms with van der Waals surface area (Å²) >= 11 is 0. The predicted octanol–water partition coefficient (Wildman–Crippen LogP) is -0.0589. The van der Waals surface area contributed by atoms with Gasteiger partial charge in [0.2, 0.25) is 0 Å². The van der Waals surface area contributed by atoms with Gasteiger partial charge in [0.1, 0.15) is 6.54 Å². The number of rotatable bonds is 2. The maximum atomic E-state index is 11.1. The van der Waals surface area contributed by atoms with Crippen LogP contribution in [0.1, 0.15) is 0 Å². The first-order valence-electron chi connectivity index (χ1n) is 1.99. The van der Waals surface area contributed by atoms with E-state index in [1.165, 1.54) is 0 Å². The summed E-state index contributed by atoms with van der Waals surface area (Å²) in [6.07, 6.45) is -4.64. The van der Waals surface area contributed by atoms with Crippen LogP contribution in [0.4, 0.5) is 13.2 Å². The van der Waals surface area contributed by atoms with Crippen LogP contribution in [0.25, 0.3) is 0 Å². The van der Waals surface area contributed by atoms with E-state index in [0.29, 0.717) is 0 Å². The standard InChI is InChI=1S/C2H4F3NO3S/c3-2(4,5)1-6-10(7,8)9/h6H,1H2,(H,7,8,9). The van der Waals surface area contributed by atoms with Gasteiger partial charge in [-0.2, -0.15) is 26.3 Å². The summed E-state index contributed by atoms with van der Waals surface area (Å²) < 4.78 is 61.3. The predicted molar refractivity (Wildman–Crippen MR) is 25.6 cm³/mol. The number of halogens is 3. The Hall–Kier alpha value is -0.340. The van der Waals surface area contributed by atoms with Gasteiger partial charge in [-0.3, -0.25) is 4.55 Å². The maximum Gasteiger partial charge on any atom is 0.402 e. The van der Waals surface area contributed by atoms with Gasteiger partial charge in [-0.25, -0.2) is 0 Å². The quantitative estimate of drug-likeness (QED) is 0.583. The fourth-order valence-electron chi connectivity index (χ4n) is 0.173. The molecule has 2 N–H and O–H groups in total. The Kier molecular flexibility index (Phi) is 2.63. The molecule has 0 rings (SSSR count). The Morgan fingerprint density at radius 3 is 1.90 bits per heavy atom. The molecule has 0 aromatic heterocycles. The van der Waals surface area contributed by atoms with Crippen molar-refractivity contribution < 1.29 is 26.1 Å². The molecule has 0 radical (unpaired) electrons. The first-order chi connectivity index (χ1) is 4.21. The summed E-state index contributed by atoms with van der Waals surface area (Å²) in [6, 6.07) is 0. The van der Waals surface area contributed by atoms with E-state index in [9.17, 15) is 21.6 Å². The molecular formula is C2H4F3NO3S. The van der Waals surface area contributed by atoms with E-state index in [4.69, 9.17) is 4.55 Å².